The molecule has 0 unspecified atom stereocenters. The van der Waals surface area contributed by atoms with Crippen LogP contribution < -0.4 is 10.1 Å². The first kappa shape index (κ1) is 20.9. The Balaban J connectivity index is 1.48. The largest absolute Gasteiger partial charge is 0.497 e. The Morgan fingerprint density at radius 3 is 2.76 bits per heavy atom. The normalized spacial score (nSPS) is 15.1. The Bertz CT molecular complexity index is 928. The van der Waals surface area contributed by atoms with Crippen LogP contribution in [0.1, 0.15) is 41.3 Å². The van der Waals surface area contributed by atoms with Crippen LogP contribution in [0.3, 0.4) is 0 Å². The van der Waals surface area contributed by atoms with E-state index in [2.05, 4.69) is 18.3 Å². The van der Waals surface area contributed by atoms with E-state index in [1.165, 1.54) is 16.2 Å². The maximum Gasteiger partial charge on any atom is 0.306 e. The van der Waals surface area contributed by atoms with Gasteiger partial charge < -0.3 is 14.8 Å². The predicted octanol–water partition coefficient (Wildman–Crippen LogP) is 3.87. The number of hydrogen-bond acceptors (Lipinski definition) is 6. The van der Waals surface area contributed by atoms with Crippen LogP contribution in [0.15, 0.2) is 24.3 Å². The zero-order valence-electron chi connectivity index (χ0n) is 16.6. The summed E-state index contributed by atoms with van der Waals surface area (Å²) >= 11 is 1.46. The van der Waals surface area contributed by atoms with E-state index in [4.69, 9.17) is 9.47 Å². The molecule has 1 aromatic carbocycles. The molecule has 29 heavy (non-hydrogen) atoms. The maximum absolute atomic E-state index is 12.2. The van der Waals surface area contributed by atoms with E-state index in [9.17, 15) is 14.9 Å². The van der Waals surface area contributed by atoms with Gasteiger partial charge in [0, 0.05) is 11.3 Å². The lowest BCUT2D eigenvalue weighted by atomic mass is 9.89. The van der Waals surface area contributed by atoms with Crippen LogP contribution in [-0.2, 0) is 33.6 Å². The fraction of sp³-hybridized carbons (Fsp3) is 0.409. The van der Waals surface area contributed by atoms with Crippen molar-refractivity contribution in [3.63, 3.8) is 0 Å². The van der Waals surface area contributed by atoms with Crippen molar-refractivity contribution in [2.24, 2.45) is 5.92 Å². The molecule has 152 valence electrons. The lowest BCUT2D eigenvalue weighted by Crippen LogP contribution is -2.21. The molecule has 1 amide bonds. The van der Waals surface area contributed by atoms with Gasteiger partial charge in [-0.3, -0.25) is 9.59 Å². The van der Waals surface area contributed by atoms with Crippen LogP contribution >= 0.6 is 11.3 Å². The first-order chi connectivity index (χ1) is 14.0. The molecule has 1 aromatic heterocycles. The number of amides is 1. The molecule has 7 heteroatoms. The number of nitriles is 1. The van der Waals surface area contributed by atoms with Crippen LogP contribution in [-0.4, -0.2) is 25.6 Å². The quantitative estimate of drug-likeness (QED) is 0.698. The van der Waals surface area contributed by atoms with E-state index in [0.29, 0.717) is 22.9 Å². The smallest absolute Gasteiger partial charge is 0.306 e. The number of nitrogens with one attached hydrogen (secondary N) is 1. The highest BCUT2D eigenvalue weighted by molar-refractivity contribution is 7.16. The lowest BCUT2D eigenvalue weighted by Gasteiger charge is -2.17. The number of nitrogens with zero attached hydrogens (tertiary/aromatic N) is 1. The van der Waals surface area contributed by atoms with E-state index >= 15 is 0 Å². The molecule has 3 rings (SSSR count). The molecule has 1 heterocycles. The summed E-state index contributed by atoms with van der Waals surface area (Å²) in [7, 11) is 1.60. The van der Waals surface area contributed by atoms with Gasteiger partial charge in [0.15, 0.2) is 6.61 Å². The van der Waals surface area contributed by atoms with E-state index in [1.807, 2.05) is 24.3 Å². The fourth-order valence-corrected chi connectivity index (χ4v) is 4.75. The summed E-state index contributed by atoms with van der Waals surface area (Å²) in [6.07, 6.45) is 3.57. The zero-order valence-corrected chi connectivity index (χ0v) is 17.4. The second kappa shape index (κ2) is 9.57. The predicted molar refractivity (Wildman–Crippen MR) is 111 cm³/mol. The highest BCUT2D eigenvalue weighted by Crippen LogP contribution is 2.39. The highest BCUT2D eigenvalue weighted by atomic mass is 32.1. The number of methoxy groups -OCH3 is 1. The number of carbonyl (C=O) groups is 2. The minimum atomic E-state index is -0.434. The molecule has 0 fully saturated rings. The molecule has 0 radical (unpaired) electrons. The number of aryl methyl sites for hydroxylation is 1. The number of anilines is 1. The minimum Gasteiger partial charge on any atom is -0.497 e. The first-order valence-corrected chi connectivity index (χ1v) is 10.4. The van der Waals surface area contributed by atoms with Crippen molar-refractivity contribution in [3.8, 4) is 11.8 Å². The van der Waals surface area contributed by atoms with Crippen molar-refractivity contribution in [3.05, 3.63) is 45.8 Å². The Kier molecular flexibility index (Phi) is 6.89. The number of benzene rings is 1. The Labute approximate surface area is 174 Å². The molecule has 1 atom stereocenters. The number of carbonyl (C=O) groups excluding carboxylic acids is 2. The van der Waals surface area contributed by atoms with Gasteiger partial charge in [-0.2, -0.15) is 5.26 Å². The van der Waals surface area contributed by atoms with Gasteiger partial charge in [0.2, 0.25) is 0 Å². The van der Waals surface area contributed by atoms with E-state index < -0.39 is 11.9 Å². The molecule has 2 aromatic rings. The summed E-state index contributed by atoms with van der Waals surface area (Å²) in [5.74, 6) is 0.485. The standard InChI is InChI=1S/C22H24N2O4S/c1-14-3-9-17-18(12-23)22(29-19(17)11-14)24-20(25)13-28-21(26)10-6-15-4-7-16(27-2)8-5-15/h4-5,7-8,14H,3,6,9-11,13H2,1-2H3,(H,24,25)/t14-/m0/s1. The molecular formula is C22H24N2O4S. The number of thiophene rings is 1. The molecule has 0 aliphatic heterocycles. The van der Waals surface area contributed by atoms with Crippen LogP contribution in [0, 0.1) is 17.2 Å². The highest BCUT2D eigenvalue weighted by Gasteiger charge is 2.24. The van der Waals surface area contributed by atoms with Gasteiger partial charge in [0.1, 0.15) is 16.8 Å². The van der Waals surface area contributed by atoms with Crippen molar-refractivity contribution < 1.29 is 19.1 Å². The Morgan fingerprint density at radius 2 is 2.07 bits per heavy atom. The molecule has 0 spiro atoms. The number of ether oxygens (including phenoxy) is 2. The topological polar surface area (TPSA) is 88.4 Å². The number of esters is 1. The average Bonchev–Trinajstić information content (AvgIpc) is 3.06. The third kappa shape index (κ3) is 5.36. The second-order valence-corrected chi connectivity index (χ2v) is 8.33. The molecule has 0 saturated heterocycles. The van der Waals surface area contributed by atoms with Crippen LogP contribution in [0.5, 0.6) is 5.75 Å². The van der Waals surface area contributed by atoms with Gasteiger partial charge >= 0.3 is 5.97 Å². The maximum atomic E-state index is 12.2. The Morgan fingerprint density at radius 1 is 1.31 bits per heavy atom. The SMILES string of the molecule is COc1ccc(CCC(=O)OCC(=O)Nc2sc3c(c2C#N)CC[C@H](C)C3)cc1. The molecule has 1 aliphatic rings. The van der Waals surface area contributed by atoms with Crippen molar-refractivity contribution in [1.29, 1.82) is 5.26 Å². The Hall–Kier alpha value is -2.85. The van der Waals surface area contributed by atoms with E-state index in [-0.39, 0.29) is 13.0 Å². The zero-order chi connectivity index (χ0) is 20.8. The minimum absolute atomic E-state index is 0.189. The van der Waals surface area contributed by atoms with E-state index in [0.717, 1.165) is 36.1 Å². The second-order valence-electron chi connectivity index (χ2n) is 7.22. The molecule has 0 bridgehead atoms. The molecule has 1 N–H and O–H groups in total. The molecule has 0 saturated carbocycles. The summed E-state index contributed by atoms with van der Waals surface area (Å²) in [4.78, 5) is 25.3. The summed E-state index contributed by atoms with van der Waals surface area (Å²) in [5, 5.41) is 12.8. The fourth-order valence-electron chi connectivity index (χ4n) is 3.38. The average molecular weight is 413 g/mol. The summed E-state index contributed by atoms with van der Waals surface area (Å²) in [6.45, 7) is 1.84. The van der Waals surface area contributed by atoms with Crippen LogP contribution in [0.4, 0.5) is 5.00 Å². The number of rotatable bonds is 7. The monoisotopic (exact) mass is 412 g/mol. The van der Waals surface area contributed by atoms with Gasteiger partial charge in [-0.05, 0) is 54.9 Å². The third-order valence-electron chi connectivity index (χ3n) is 5.02. The van der Waals surface area contributed by atoms with Gasteiger partial charge in [-0.25, -0.2) is 0 Å². The number of hydrogen-bond donors (Lipinski definition) is 1. The lowest BCUT2D eigenvalue weighted by molar-refractivity contribution is -0.147. The molecular weight excluding hydrogens is 388 g/mol. The van der Waals surface area contributed by atoms with Gasteiger partial charge in [0.25, 0.3) is 5.91 Å². The molecule has 1 aliphatic carbocycles. The third-order valence-corrected chi connectivity index (χ3v) is 6.19. The summed E-state index contributed by atoms with van der Waals surface area (Å²) in [6, 6.07) is 9.67. The summed E-state index contributed by atoms with van der Waals surface area (Å²) < 4.78 is 10.2. The first-order valence-electron chi connectivity index (χ1n) is 9.63. The van der Waals surface area contributed by atoms with Crippen LogP contribution in [0.2, 0.25) is 0 Å². The van der Waals surface area contributed by atoms with Gasteiger partial charge in [-0.1, -0.05) is 19.1 Å². The van der Waals surface area contributed by atoms with Crippen molar-refractivity contribution in [2.45, 2.75) is 39.0 Å². The van der Waals surface area contributed by atoms with Gasteiger partial charge in [0.05, 0.1) is 12.7 Å². The van der Waals surface area contributed by atoms with Crippen molar-refractivity contribution in [1.82, 2.24) is 0 Å². The van der Waals surface area contributed by atoms with E-state index in [1.54, 1.807) is 7.11 Å². The van der Waals surface area contributed by atoms with Crippen molar-refractivity contribution in [2.75, 3.05) is 19.0 Å². The summed E-state index contributed by atoms with van der Waals surface area (Å²) in [5.41, 5.74) is 2.60. The molecule has 6 nitrogen and oxygen atoms in total. The van der Waals surface area contributed by atoms with Gasteiger partial charge in [-0.15, -0.1) is 11.3 Å². The number of fused-ring (bicyclic) bond motifs is 1. The van der Waals surface area contributed by atoms with Crippen LogP contribution in [0.25, 0.3) is 0 Å². The van der Waals surface area contributed by atoms with Crippen molar-refractivity contribution >= 4 is 28.2 Å².